The largest absolute Gasteiger partial charge is 0.435 e. The molecule has 0 unspecified atom stereocenters. The van der Waals surface area contributed by atoms with Crippen LogP contribution in [-0.2, 0) is 10.0 Å². The third-order valence-corrected chi connectivity index (χ3v) is 5.11. The molecular formula is C15H13N3O4S. The van der Waals surface area contributed by atoms with Gasteiger partial charge >= 0.3 is 5.91 Å². The van der Waals surface area contributed by atoms with Crippen LogP contribution in [0.1, 0.15) is 35.2 Å². The Hall–Kier alpha value is -2.61. The smallest absolute Gasteiger partial charge is 0.302 e. The lowest BCUT2D eigenvalue weighted by molar-refractivity contribution is 0.0952. The molecule has 3 aromatic rings. The van der Waals surface area contributed by atoms with Crippen molar-refractivity contribution in [2.45, 2.75) is 23.7 Å². The number of para-hydroxylation sites is 1. The summed E-state index contributed by atoms with van der Waals surface area (Å²) in [4.78, 5) is 19.0. The Kier molecular flexibility index (Phi) is 3.02. The molecule has 23 heavy (non-hydrogen) atoms. The average Bonchev–Trinajstić information content (AvgIpc) is 3.10. The number of amides is 1. The fraction of sp³-hybridized carbons (Fsp3) is 0.200. The van der Waals surface area contributed by atoms with Gasteiger partial charge in [-0.3, -0.25) is 4.79 Å². The standard InChI is InChI=1S/C15H13N3O4S/c19-14(12-7-17-15(22-12)9-5-6-9)18-23(20,21)13-8-16-11-4-2-1-3-10(11)13/h1-4,7-9,16H,5-6H2,(H,18,19). The summed E-state index contributed by atoms with van der Waals surface area (Å²) in [5.74, 6) is -0.189. The van der Waals surface area contributed by atoms with E-state index in [1.54, 1.807) is 24.3 Å². The number of nitrogens with one attached hydrogen (secondary N) is 2. The third-order valence-electron chi connectivity index (χ3n) is 3.74. The highest BCUT2D eigenvalue weighted by Crippen LogP contribution is 2.39. The van der Waals surface area contributed by atoms with E-state index in [0.717, 1.165) is 12.8 Å². The quantitative estimate of drug-likeness (QED) is 0.762. The van der Waals surface area contributed by atoms with Crippen molar-refractivity contribution in [3.05, 3.63) is 48.3 Å². The first kappa shape index (κ1) is 14.0. The zero-order chi connectivity index (χ0) is 16.0. The SMILES string of the molecule is O=C(NS(=O)(=O)c1c[nH]c2ccccc12)c1cnc(C2CC2)o1. The van der Waals surface area contributed by atoms with Crippen molar-refractivity contribution in [3.63, 3.8) is 0 Å². The first-order chi connectivity index (χ1) is 11.0. The molecule has 1 aliphatic rings. The summed E-state index contributed by atoms with van der Waals surface area (Å²) in [5.41, 5.74) is 0.677. The number of fused-ring (bicyclic) bond motifs is 1. The van der Waals surface area contributed by atoms with Gasteiger partial charge in [-0.2, -0.15) is 0 Å². The highest BCUT2D eigenvalue weighted by Gasteiger charge is 2.30. The maximum absolute atomic E-state index is 12.4. The molecule has 0 spiro atoms. The topological polar surface area (TPSA) is 105 Å². The second-order valence-corrected chi connectivity index (χ2v) is 7.12. The maximum Gasteiger partial charge on any atom is 0.302 e. The molecule has 1 fully saturated rings. The Balaban J connectivity index is 1.62. The number of aromatic amines is 1. The van der Waals surface area contributed by atoms with Crippen LogP contribution in [0.4, 0.5) is 0 Å². The normalized spacial score (nSPS) is 15.0. The van der Waals surface area contributed by atoms with Crippen LogP contribution >= 0.6 is 0 Å². The number of H-pyrrole nitrogens is 1. The van der Waals surface area contributed by atoms with Gasteiger partial charge in [0.25, 0.3) is 10.0 Å². The van der Waals surface area contributed by atoms with Crippen LogP contribution in [0.15, 0.2) is 46.0 Å². The van der Waals surface area contributed by atoms with Gasteiger partial charge in [-0.05, 0) is 18.9 Å². The summed E-state index contributed by atoms with van der Waals surface area (Å²) >= 11 is 0. The van der Waals surface area contributed by atoms with Crippen LogP contribution in [0.3, 0.4) is 0 Å². The molecule has 0 saturated heterocycles. The Morgan fingerprint density at radius 3 is 2.87 bits per heavy atom. The molecular weight excluding hydrogens is 318 g/mol. The number of aromatic nitrogens is 2. The van der Waals surface area contributed by atoms with Crippen molar-refractivity contribution in [2.75, 3.05) is 0 Å². The molecule has 8 heteroatoms. The first-order valence-corrected chi connectivity index (χ1v) is 8.62. The van der Waals surface area contributed by atoms with E-state index in [1.807, 2.05) is 4.72 Å². The second kappa shape index (κ2) is 4.95. The maximum atomic E-state index is 12.4. The van der Waals surface area contributed by atoms with E-state index in [2.05, 4.69) is 9.97 Å². The van der Waals surface area contributed by atoms with E-state index in [4.69, 9.17) is 4.42 Å². The summed E-state index contributed by atoms with van der Waals surface area (Å²) in [7, 11) is -4.00. The number of benzene rings is 1. The molecule has 2 aromatic heterocycles. The Morgan fingerprint density at radius 1 is 1.30 bits per heavy atom. The minimum absolute atomic E-state index is 0.0170. The van der Waals surface area contributed by atoms with Gasteiger partial charge in [0.05, 0.1) is 6.20 Å². The number of carbonyl (C=O) groups is 1. The zero-order valence-corrected chi connectivity index (χ0v) is 12.8. The minimum atomic E-state index is -4.00. The molecule has 1 amide bonds. The number of carbonyl (C=O) groups excluding carboxylic acids is 1. The lowest BCUT2D eigenvalue weighted by Crippen LogP contribution is -2.30. The van der Waals surface area contributed by atoms with Gasteiger partial charge in [-0.1, -0.05) is 18.2 Å². The Bertz CT molecular complexity index is 999. The van der Waals surface area contributed by atoms with Crippen molar-refractivity contribution in [1.29, 1.82) is 0 Å². The Morgan fingerprint density at radius 2 is 2.09 bits per heavy atom. The number of hydrogen-bond acceptors (Lipinski definition) is 5. The van der Waals surface area contributed by atoms with E-state index >= 15 is 0 Å². The summed E-state index contributed by atoms with van der Waals surface area (Å²) in [6.07, 6.45) is 4.58. The molecule has 0 bridgehead atoms. The van der Waals surface area contributed by atoms with Crippen LogP contribution in [0.2, 0.25) is 0 Å². The van der Waals surface area contributed by atoms with Gasteiger partial charge in [0.15, 0.2) is 5.89 Å². The number of sulfonamides is 1. The van der Waals surface area contributed by atoms with Gasteiger partial charge in [0.2, 0.25) is 5.76 Å². The summed E-state index contributed by atoms with van der Waals surface area (Å²) in [6, 6.07) is 6.95. The third kappa shape index (κ3) is 2.50. The first-order valence-electron chi connectivity index (χ1n) is 7.13. The fourth-order valence-corrected chi connectivity index (χ4v) is 3.54. The Labute approximate surface area is 131 Å². The van der Waals surface area contributed by atoms with Crippen molar-refractivity contribution >= 4 is 26.8 Å². The van der Waals surface area contributed by atoms with Crippen LogP contribution in [0, 0.1) is 0 Å². The van der Waals surface area contributed by atoms with Crippen molar-refractivity contribution in [1.82, 2.24) is 14.7 Å². The zero-order valence-electron chi connectivity index (χ0n) is 11.9. The van der Waals surface area contributed by atoms with E-state index in [-0.39, 0.29) is 16.6 Å². The molecule has 1 aromatic carbocycles. The molecule has 2 N–H and O–H groups in total. The van der Waals surface area contributed by atoms with Gasteiger partial charge in [-0.15, -0.1) is 0 Å². The highest BCUT2D eigenvalue weighted by atomic mass is 32.2. The van der Waals surface area contributed by atoms with Gasteiger partial charge in [0.1, 0.15) is 4.90 Å². The average molecular weight is 331 g/mol. The number of hydrogen-bond donors (Lipinski definition) is 2. The molecule has 0 atom stereocenters. The van der Waals surface area contributed by atoms with Crippen LogP contribution in [-0.4, -0.2) is 24.3 Å². The van der Waals surface area contributed by atoms with Crippen molar-refractivity contribution < 1.29 is 17.6 Å². The van der Waals surface area contributed by atoms with Crippen LogP contribution in [0.25, 0.3) is 10.9 Å². The van der Waals surface area contributed by atoms with Gasteiger partial charge in [-0.25, -0.2) is 18.1 Å². The van der Waals surface area contributed by atoms with Crippen LogP contribution < -0.4 is 4.72 Å². The number of oxazole rings is 1. The highest BCUT2D eigenvalue weighted by molar-refractivity contribution is 7.90. The summed E-state index contributed by atoms with van der Waals surface area (Å²) in [6.45, 7) is 0. The molecule has 7 nitrogen and oxygen atoms in total. The molecule has 118 valence electrons. The monoisotopic (exact) mass is 331 g/mol. The lowest BCUT2D eigenvalue weighted by Gasteiger charge is -2.04. The second-order valence-electron chi connectivity index (χ2n) is 5.47. The van der Waals surface area contributed by atoms with Crippen molar-refractivity contribution in [2.24, 2.45) is 0 Å². The van der Waals surface area contributed by atoms with E-state index < -0.39 is 15.9 Å². The van der Waals surface area contributed by atoms with E-state index in [9.17, 15) is 13.2 Å². The molecule has 0 radical (unpaired) electrons. The molecule has 1 saturated carbocycles. The molecule has 4 rings (SSSR count). The number of nitrogens with zero attached hydrogens (tertiary/aromatic N) is 1. The van der Waals surface area contributed by atoms with Gasteiger partial charge in [0, 0.05) is 23.0 Å². The van der Waals surface area contributed by atoms with Crippen LogP contribution in [0.5, 0.6) is 0 Å². The van der Waals surface area contributed by atoms with Crippen molar-refractivity contribution in [3.8, 4) is 0 Å². The predicted molar refractivity (Wildman–Crippen MR) is 81.4 cm³/mol. The minimum Gasteiger partial charge on any atom is -0.435 e. The van der Waals surface area contributed by atoms with E-state index in [1.165, 1.54) is 12.4 Å². The molecule has 2 heterocycles. The van der Waals surface area contributed by atoms with E-state index in [0.29, 0.717) is 16.8 Å². The van der Waals surface area contributed by atoms with Gasteiger partial charge < -0.3 is 9.40 Å². The summed E-state index contributed by atoms with van der Waals surface area (Å²) < 4.78 is 32.2. The number of rotatable bonds is 4. The predicted octanol–water partition coefficient (Wildman–Crippen LogP) is 2.15. The lowest BCUT2D eigenvalue weighted by atomic mass is 10.2. The fourth-order valence-electron chi connectivity index (χ4n) is 2.41. The molecule has 0 aliphatic heterocycles. The molecule has 1 aliphatic carbocycles. The summed E-state index contributed by atoms with van der Waals surface area (Å²) in [5, 5.41) is 0.518.